The van der Waals surface area contributed by atoms with Gasteiger partial charge in [-0.3, -0.25) is 14.4 Å². The lowest BCUT2D eigenvalue weighted by Gasteiger charge is -2.24. The Kier molecular flexibility index (Phi) is 9.39. The molecule has 5 unspecified atom stereocenters. The molecule has 1 heterocycles. The Morgan fingerprint density at radius 3 is 2.26 bits per heavy atom. The van der Waals surface area contributed by atoms with Crippen molar-refractivity contribution in [3.63, 3.8) is 0 Å². The molecule has 7 heteroatoms. The number of carbonyl (C=O) groups is 3. The van der Waals surface area contributed by atoms with E-state index in [-0.39, 0.29) is 23.7 Å². The Labute approximate surface area is 163 Å². The van der Waals surface area contributed by atoms with Gasteiger partial charge in [0.25, 0.3) is 0 Å². The number of amides is 2. The third-order valence-electron chi connectivity index (χ3n) is 6.08. The zero-order chi connectivity index (χ0) is 20.6. The molecule has 0 radical (unpaired) electrons. The number of hydrogen-bond acceptors (Lipinski definition) is 4. The molecule has 1 aliphatic rings. The Balaban J connectivity index is 2.73. The highest BCUT2D eigenvalue weighted by atomic mass is 16.3. The molecule has 1 saturated heterocycles. The van der Waals surface area contributed by atoms with Gasteiger partial charge in [-0.05, 0) is 38.5 Å². The summed E-state index contributed by atoms with van der Waals surface area (Å²) in [5.74, 6) is -0.0321. The zero-order valence-corrected chi connectivity index (χ0v) is 17.3. The molecule has 0 aromatic rings. The lowest BCUT2D eigenvalue weighted by atomic mass is 9.84. The summed E-state index contributed by atoms with van der Waals surface area (Å²) in [5, 5.41) is 11.8. The summed E-state index contributed by atoms with van der Waals surface area (Å²) in [4.78, 5) is 34.7. The van der Waals surface area contributed by atoms with Crippen LogP contribution in [-0.4, -0.2) is 61.1 Å². The predicted molar refractivity (Wildman–Crippen MR) is 104 cm³/mol. The summed E-state index contributed by atoms with van der Waals surface area (Å²) >= 11 is 0. The van der Waals surface area contributed by atoms with E-state index < -0.39 is 6.23 Å². The SMILES string of the molecule is CCC(CCC(CCC1C[N+](C)(C)CC1CC)C(=O)NC(O)C=O)C(N)=O. The first kappa shape index (κ1) is 23.6. The Morgan fingerprint density at radius 2 is 1.74 bits per heavy atom. The lowest BCUT2D eigenvalue weighted by molar-refractivity contribution is -0.880. The van der Waals surface area contributed by atoms with Gasteiger partial charge in [-0.2, -0.15) is 0 Å². The van der Waals surface area contributed by atoms with Gasteiger partial charge in [-0.1, -0.05) is 13.8 Å². The fraction of sp³-hybridized carbons (Fsp3) is 0.850. The molecular formula is C20H38N3O4+. The van der Waals surface area contributed by atoms with E-state index in [0.29, 0.717) is 43.8 Å². The largest absolute Gasteiger partial charge is 0.369 e. The molecule has 4 N–H and O–H groups in total. The molecule has 7 nitrogen and oxygen atoms in total. The highest BCUT2D eigenvalue weighted by Gasteiger charge is 2.39. The smallest absolute Gasteiger partial charge is 0.225 e. The van der Waals surface area contributed by atoms with Gasteiger partial charge >= 0.3 is 0 Å². The predicted octanol–water partition coefficient (Wildman–Crippen LogP) is 1.04. The maximum atomic E-state index is 12.5. The molecule has 1 rings (SSSR count). The van der Waals surface area contributed by atoms with E-state index in [9.17, 15) is 19.5 Å². The monoisotopic (exact) mass is 384 g/mol. The molecule has 5 atom stereocenters. The van der Waals surface area contributed by atoms with Crippen LogP contribution in [0, 0.1) is 23.7 Å². The normalized spacial score (nSPS) is 24.8. The summed E-state index contributed by atoms with van der Waals surface area (Å²) in [7, 11) is 4.48. The van der Waals surface area contributed by atoms with Crippen LogP contribution in [0.3, 0.4) is 0 Å². The molecule has 0 spiro atoms. The van der Waals surface area contributed by atoms with E-state index >= 15 is 0 Å². The third kappa shape index (κ3) is 7.58. The van der Waals surface area contributed by atoms with Crippen molar-refractivity contribution >= 4 is 18.1 Å². The quantitative estimate of drug-likeness (QED) is 0.265. The lowest BCUT2D eigenvalue weighted by Crippen LogP contribution is -2.40. The number of nitrogens with one attached hydrogen (secondary N) is 1. The number of quaternary nitrogens is 1. The van der Waals surface area contributed by atoms with E-state index in [0.717, 1.165) is 30.4 Å². The summed E-state index contributed by atoms with van der Waals surface area (Å²) in [6.45, 7) is 6.38. The van der Waals surface area contributed by atoms with E-state index in [1.807, 2.05) is 6.92 Å². The number of aldehydes is 1. The van der Waals surface area contributed by atoms with Crippen LogP contribution in [-0.2, 0) is 14.4 Å². The first-order valence-electron chi connectivity index (χ1n) is 10.2. The van der Waals surface area contributed by atoms with E-state index in [4.69, 9.17) is 5.73 Å². The van der Waals surface area contributed by atoms with Crippen molar-refractivity contribution in [2.24, 2.45) is 29.4 Å². The molecule has 27 heavy (non-hydrogen) atoms. The minimum Gasteiger partial charge on any atom is -0.369 e. The first-order valence-corrected chi connectivity index (χ1v) is 10.2. The fourth-order valence-corrected chi connectivity index (χ4v) is 4.50. The maximum Gasteiger partial charge on any atom is 0.225 e. The van der Waals surface area contributed by atoms with Gasteiger partial charge in [0.1, 0.15) is 0 Å². The number of carbonyl (C=O) groups excluding carboxylic acids is 3. The minimum absolute atomic E-state index is 0.248. The highest BCUT2D eigenvalue weighted by Crippen LogP contribution is 2.34. The van der Waals surface area contributed by atoms with Crippen LogP contribution >= 0.6 is 0 Å². The van der Waals surface area contributed by atoms with Crippen LogP contribution in [0.5, 0.6) is 0 Å². The molecule has 2 amide bonds. The summed E-state index contributed by atoms with van der Waals surface area (Å²) in [5.41, 5.74) is 5.42. The zero-order valence-electron chi connectivity index (χ0n) is 17.3. The summed E-state index contributed by atoms with van der Waals surface area (Å²) in [6.07, 6.45) is 3.29. The Bertz CT molecular complexity index is 509. The average Bonchev–Trinajstić information content (AvgIpc) is 2.91. The van der Waals surface area contributed by atoms with E-state index in [1.165, 1.54) is 0 Å². The second-order valence-electron chi connectivity index (χ2n) is 8.68. The van der Waals surface area contributed by atoms with Crippen molar-refractivity contribution in [3.05, 3.63) is 0 Å². The number of likely N-dealkylation sites (tertiary alicyclic amines) is 1. The van der Waals surface area contributed by atoms with Gasteiger partial charge < -0.3 is 20.6 Å². The van der Waals surface area contributed by atoms with Crippen molar-refractivity contribution < 1.29 is 24.0 Å². The second kappa shape index (κ2) is 10.8. The van der Waals surface area contributed by atoms with Crippen LogP contribution in [0.4, 0.5) is 0 Å². The molecule has 0 aromatic carbocycles. The number of nitrogens with two attached hydrogens (primary N) is 1. The third-order valence-corrected chi connectivity index (χ3v) is 6.08. The van der Waals surface area contributed by atoms with E-state index in [2.05, 4.69) is 26.3 Å². The van der Waals surface area contributed by atoms with Gasteiger partial charge in [-0.25, -0.2) is 0 Å². The summed E-state index contributed by atoms with van der Waals surface area (Å²) < 4.78 is 1.00. The van der Waals surface area contributed by atoms with Gasteiger partial charge in [0, 0.05) is 23.7 Å². The molecule has 0 aliphatic carbocycles. The van der Waals surface area contributed by atoms with Crippen molar-refractivity contribution in [2.45, 2.75) is 58.6 Å². The van der Waals surface area contributed by atoms with Gasteiger partial charge in [0.05, 0.1) is 27.2 Å². The molecule has 0 bridgehead atoms. The first-order chi connectivity index (χ1) is 12.6. The Hall–Kier alpha value is -1.47. The second-order valence-corrected chi connectivity index (χ2v) is 8.68. The standard InChI is InChI=1S/C20H37N3O4/c1-5-14(19(21)26)7-8-16(20(27)22-18(25)13-24)9-10-17-12-23(3,4)11-15(17)6-2/h13-18,25H,5-12H2,1-4H3,(H2-,21,22,26,27)/p+1. The molecule has 1 aliphatic heterocycles. The highest BCUT2D eigenvalue weighted by molar-refractivity contribution is 5.81. The number of aliphatic hydroxyl groups is 1. The molecular weight excluding hydrogens is 346 g/mol. The van der Waals surface area contributed by atoms with Crippen LogP contribution in [0.1, 0.15) is 52.4 Å². The molecule has 156 valence electrons. The van der Waals surface area contributed by atoms with Gasteiger partial charge in [0.2, 0.25) is 11.8 Å². The van der Waals surface area contributed by atoms with Crippen molar-refractivity contribution in [1.29, 1.82) is 0 Å². The molecule has 1 fully saturated rings. The topological polar surface area (TPSA) is 109 Å². The van der Waals surface area contributed by atoms with Crippen LogP contribution < -0.4 is 11.1 Å². The van der Waals surface area contributed by atoms with Crippen molar-refractivity contribution in [3.8, 4) is 0 Å². The number of hydrogen-bond donors (Lipinski definition) is 3. The number of rotatable bonds is 12. The molecule has 0 aromatic heterocycles. The van der Waals surface area contributed by atoms with Crippen molar-refractivity contribution in [2.75, 3.05) is 27.2 Å². The van der Waals surface area contributed by atoms with Crippen LogP contribution in [0.15, 0.2) is 0 Å². The summed E-state index contributed by atoms with van der Waals surface area (Å²) in [6, 6.07) is 0. The maximum absolute atomic E-state index is 12.5. The fourth-order valence-electron chi connectivity index (χ4n) is 4.50. The number of aliphatic hydroxyl groups excluding tert-OH is 1. The number of primary amides is 1. The number of nitrogens with zero attached hydrogens (tertiary/aromatic N) is 1. The van der Waals surface area contributed by atoms with E-state index in [1.54, 1.807) is 0 Å². The average molecular weight is 385 g/mol. The Morgan fingerprint density at radius 1 is 1.15 bits per heavy atom. The van der Waals surface area contributed by atoms with Gasteiger partial charge in [-0.15, -0.1) is 0 Å². The van der Waals surface area contributed by atoms with Crippen LogP contribution in [0.2, 0.25) is 0 Å². The van der Waals surface area contributed by atoms with Gasteiger partial charge in [0.15, 0.2) is 12.5 Å². The van der Waals surface area contributed by atoms with Crippen LogP contribution in [0.25, 0.3) is 0 Å². The minimum atomic E-state index is -1.48. The van der Waals surface area contributed by atoms with Crippen molar-refractivity contribution in [1.82, 2.24) is 5.32 Å². The molecule has 0 saturated carbocycles.